The van der Waals surface area contributed by atoms with Crippen molar-refractivity contribution in [2.24, 2.45) is 0 Å². The Hall–Kier alpha value is -1.55. The van der Waals surface area contributed by atoms with Crippen LogP contribution in [0.4, 0.5) is 0 Å². The van der Waals surface area contributed by atoms with Crippen molar-refractivity contribution in [2.75, 3.05) is 33.9 Å². The maximum absolute atomic E-state index is 12.9. The van der Waals surface area contributed by atoms with Gasteiger partial charge in [0.1, 0.15) is 4.21 Å². The fourth-order valence-corrected chi connectivity index (χ4v) is 7.33. The minimum absolute atomic E-state index is 0. The molecule has 2 heterocycles. The molecule has 1 N–H and O–H groups in total. The Bertz CT molecular complexity index is 1260. The van der Waals surface area contributed by atoms with Crippen LogP contribution in [0.25, 0.3) is 10.1 Å². The lowest BCUT2D eigenvalue weighted by molar-refractivity contribution is 0.248. The molecule has 4 rings (SSSR count). The predicted octanol–water partition coefficient (Wildman–Crippen LogP) is 5.42. The van der Waals surface area contributed by atoms with Crippen LogP contribution in [-0.2, 0) is 23.0 Å². The van der Waals surface area contributed by atoms with Gasteiger partial charge >= 0.3 is 0 Å². The van der Waals surface area contributed by atoms with E-state index in [1.807, 2.05) is 19.1 Å². The molecule has 0 saturated carbocycles. The predicted molar refractivity (Wildman–Crippen MR) is 142 cm³/mol. The van der Waals surface area contributed by atoms with Crippen LogP contribution < -0.4 is 14.2 Å². The first kappa shape index (κ1) is 27.0. The summed E-state index contributed by atoms with van der Waals surface area (Å²) in [6, 6.07) is 9.62. The van der Waals surface area contributed by atoms with E-state index in [0.29, 0.717) is 15.8 Å². The first-order valence-corrected chi connectivity index (χ1v) is 13.6. The lowest BCUT2D eigenvalue weighted by atomic mass is 9.98. The van der Waals surface area contributed by atoms with E-state index in [1.54, 1.807) is 20.3 Å². The third-order valence-electron chi connectivity index (χ3n) is 6.09. The van der Waals surface area contributed by atoms with Crippen LogP contribution in [0, 0.1) is 6.92 Å². The molecule has 0 spiro atoms. The zero-order valence-electron chi connectivity index (χ0n) is 19.5. The van der Waals surface area contributed by atoms with Crippen LogP contribution in [0.1, 0.15) is 29.5 Å². The molecule has 1 aromatic heterocycles. The minimum atomic E-state index is -3.54. The van der Waals surface area contributed by atoms with Crippen molar-refractivity contribution in [1.82, 2.24) is 9.62 Å². The summed E-state index contributed by atoms with van der Waals surface area (Å²) in [7, 11) is -0.227. The van der Waals surface area contributed by atoms with Gasteiger partial charge in [0.25, 0.3) is 0 Å². The van der Waals surface area contributed by atoms with Crippen molar-refractivity contribution in [3.63, 3.8) is 0 Å². The Kier molecular flexibility index (Phi) is 9.11. The second-order valence-electron chi connectivity index (χ2n) is 8.26. The summed E-state index contributed by atoms with van der Waals surface area (Å²) in [5, 5.41) is 1.51. The molecule has 6 nitrogen and oxygen atoms in total. The second-order valence-corrected chi connectivity index (χ2v) is 11.7. The molecule has 0 aliphatic carbocycles. The van der Waals surface area contributed by atoms with Crippen LogP contribution in [0.15, 0.2) is 34.5 Å². The zero-order valence-corrected chi connectivity index (χ0v) is 22.7. The topological polar surface area (TPSA) is 67.9 Å². The number of benzene rings is 2. The number of aryl methyl sites for hydroxylation is 1. The van der Waals surface area contributed by atoms with Gasteiger partial charge < -0.3 is 9.47 Å². The highest BCUT2D eigenvalue weighted by atomic mass is 35.5. The molecule has 1 aliphatic rings. The van der Waals surface area contributed by atoms with Crippen LogP contribution in [0.5, 0.6) is 11.5 Å². The minimum Gasteiger partial charge on any atom is -0.493 e. The van der Waals surface area contributed by atoms with Gasteiger partial charge in [-0.1, -0.05) is 11.6 Å². The number of nitrogens with one attached hydrogen (secondary N) is 1. The van der Waals surface area contributed by atoms with Crippen molar-refractivity contribution in [2.45, 2.75) is 36.9 Å². The summed E-state index contributed by atoms with van der Waals surface area (Å²) in [5.41, 5.74) is 3.32. The Morgan fingerprint density at radius 2 is 1.79 bits per heavy atom. The molecule has 0 atom stereocenters. The van der Waals surface area contributed by atoms with Crippen LogP contribution in [0.3, 0.4) is 0 Å². The molecule has 186 valence electrons. The quantitative estimate of drug-likeness (QED) is 0.364. The van der Waals surface area contributed by atoms with Crippen LogP contribution >= 0.6 is 35.3 Å². The third-order valence-corrected chi connectivity index (χ3v) is 9.68. The fraction of sp³-hybridized carbons (Fsp3) is 0.417. The van der Waals surface area contributed by atoms with Gasteiger partial charge in [-0.05, 0) is 85.1 Å². The normalized spacial score (nSPS) is 14.0. The largest absolute Gasteiger partial charge is 0.493 e. The van der Waals surface area contributed by atoms with Crippen molar-refractivity contribution >= 4 is 55.5 Å². The summed E-state index contributed by atoms with van der Waals surface area (Å²) in [4.78, 5) is 2.41. The van der Waals surface area contributed by atoms with E-state index >= 15 is 0 Å². The number of fused-ring (bicyclic) bond motifs is 2. The van der Waals surface area contributed by atoms with Gasteiger partial charge in [-0.25, -0.2) is 13.1 Å². The van der Waals surface area contributed by atoms with Crippen molar-refractivity contribution in [1.29, 1.82) is 0 Å². The van der Waals surface area contributed by atoms with E-state index in [-0.39, 0.29) is 12.4 Å². The van der Waals surface area contributed by atoms with Crippen LogP contribution in [-0.4, -0.2) is 47.2 Å². The monoisotopic (exact) mass is 544 g/mol. The number of methoxy groups -OCH3 is 2. The van der Waals surface area contributed by atoms with Gasteiger partial charge in [0.15, 0.2) is 11.5 Å². The number of unbranched alkanes of at least 4 members (excludes halogenated alkanes) is 1. The van der Waals surface area contributed by atoms with Gasteiger partial charge in [-0.2, -0.15) is 0 Å². The molecule has 0 amide bonds. The van der Waals surface area contributed by atoms with E-state index < -0.39 is 10.0 Å². The van der Waals surface area contributed by atoms with Gasteiger partial charge in [0.2, 0.25) is 10.0 Å². The number of halogens is 2. The van der Waals surface area contributed by atoms with Gasteiger partial charge in [0.05, 0.1) is 14.2 Å². The van der Waals surface area contributed by atoms with Gasteiger partial charge in [-0.15, -0.1) is 23.7 Å². The molecule has 0 fully saturated rings. The number of hydrogen-bond acceptors (Lipinski definition) is 6. The van der Waals surface area contributed by atoms with E-state index in [2.05, 4.69) is 21.8 Å². The lowest BCUT2D eigenvalue weighted by Crippen LogP contribution is -2.32. The maximum Gasteiger partial charge on any atom is 0.250 e. The number of nitrogens with zero attached hydrogens (tertiary/aromatic N) is 1. The lowest BCUT2D eigenvalue weighted by Gasteiger charge is -2.29. The second kappa shape index (κ2) is 11.5. The number of ether oxygens (including phenoxy) is 2. The summed E-state index contributed by atoms with van der Waals surface area (Å²) in [6.07, 6.45) is 2.67. The molecule has 2 aromatic carbocycles. The molecule has 0 unspecified atom stereocenters. The Balaban J connectivity index is 0.00000324. The molecular weight excluding hydrogens is 515 g/mol. The number of rotatable bonds is 9. The summed E-state index contributed by atoms with van der Waals surface area (Å²) >= 11 is 7.37. The van der Waals surface area contributed by atoms with Crippen molar-refractivity contribution < 1.29 is 17.9 Å². The first-order valence-electron chi connectivity index (χ1n) is 11.0. The molecule has 0 radical (unpaired) electrons. The molecule has 1 aliphatic heterocycles. The number of sulfonamides is 1. The highest BCUT2D eigenvalue weighted by Gasteiger charge is 2.22. The maximum atomic E-state index is 12.9. The molecule has 10 heteroatoms. The van der Waals surface area contributed by atoms with Gasteiger partial charge in [0, 0.05) is 29.4 Å². The number of thiophene rings is 1. The van der Waals surface area contributed by atoms with Crippen molar-refractivity contribution in [3.05, 3.63) is 52.0 Å². The Morgan fingerprint density at radius 3 is 2.50 bits per heavy atom. The Morgan fingerprint density at radius 1 is 1.09 bits per heavy atom. The summed E-state index contributed by atoms with van der Waals surface area (Å²) in [5.74, 6) is 1.53. The average Bonchev–Trinajstić information content (AvgIpc) is 3.14. The highest BCUT2D eigenvalue weighted by molar-refractivity contribution is 7.91. The standard InChI is InChI=1S/C24H29ClN2O4S2.ClH/c1-16-20-14-19(25)6-7-23(20)32-24(16)33(28,29)26-9-4-5-10-27-11-8-17-12-21(30-2)22(31-3)13-18(17)15-27;/h6-7,12-14,26H,4-5,8-11,15H2,1-3H3;1H. The third kappa shape index (κ3) is 5.80. The number of hydrogen-bond donors (Lipinski definition) is 1. The van der Waals surface area contributed by atoms with Gasteiger partial charge in [-0.3, -0.25) is 4.90 Å². The fourth-order valence-electron chi connectivity index (χ4n) is 4.29. The van der Waals surface area contributed by atoms with Crippen LogP contribution in [0.2, 0.25) is 5.02 Å². The van der Waals surface area contributed by atoms with E-state index in [0.717, 1.165) is 66.0 Å². The summed E-state index contributed by atoms with van der Waals surface area (Å²) < 4.78 is 40.6. The molecule has 0 saturated heterocycles. The van der Waals surface area contributed by atoms with E-state index in [4.69, 9.17) is 21.1 Å². The first-order chi connectivity index (χ1) is 15.8. The molecular formula is C24H30Cl2N2O4S2. The van der Waals surface area contributed by atoms with Crippen molar-refractivity contribution in [3.8, 4) is 11.5 Å². The molecule has 0 bridgehead atoms. The molecule has 34 heavy (non-hydrogen) atoms. The summed E-state index contributed by atoms with van der Waals surface area (Å²) in [6.45, 7) is 5.04. The zero-order chi connectivity index (χ0) is 23.6. The van der Waals surface area contributed by atoms with E-state index in [9.17, 15) is 8.42 Å². The SMILES string of the molecule is COc1cc2c(cc1OC)CN(CCCCNS(=O)(=O)c1sc3ccc(Cl)cc3c1C)CC2.Cl. The Labute approximate surface area is 216 Å². The molecule has 3 aromatic rings. The van der Waals surface area contributed by atoms with E-state index in [1.165, 1.54) is 22.5 Å². The highest BCUT2D eigenvalue weighted by Crippen LogP contribution is 2.35. The smallest absolute Gasteiger partial charge is 0.250 e. The average molecular weight is 546 g/mol.